The molecule has 0 bridgehead atoms. The first-order valence-electron chi connectivity index (χ1n) is 11.7. The van der Waals surface area contributed by atoms with E-state index in [2.05, 4.69) is 11.9 Å². The molecule has 0 atom stereocenters. The highest BCUT2D eigenvalue weighted by Gasteiger charge is 2.51. The van der Waals surface area contributed by atoms with Crippen molar-refractivity contribution >= 4 is 21.6 Å². The number of carbonyl (C=O) groups is 1. The fourth-order valence-electron chi connectivity index (χ4n) is 4.49. The third-order valence-electron chi connectivity index (χ3n) is 6.86. The number of hydrogen-bond donors (Lipinski definition) is 1. The first-order valence-corrected chi connectivity index (χ1v) is 13.2. The maximum absolute atomic E-state index is 13.3. The van der Waals surface area contributed by atoms with Crippen LogP contribution in [-0.2, 0) is 20.2 Å². The second kappa shape index (κ2) is 9.11. The Kier molecular flexibility index (Phi) is 6.10. The maximum atomic E-state index is 13.3. The zero-order valence-electron chi connectivity index (χ0n) is 20.3. The van der Waals surface area contributed by atoms with Crippen molar-refractivity contribution in [3.8, 4) is 22.6 Å². The van der Waals surface area contributed by atoms with E-state index in [9.17, 15) is 13.2 Å². The molecule has 1 heterocycles. The first-order chi connectivity index (χ1) is 17.2. The van der Waals surface area contributed by atoms with Crippen molar-refractivity contribution in [2.24, 2.45) is 0 Å². The zero-order valence-corrected chi connectivity index (χ0v) is 21.1. The number of aryl methyl sites for hydroxylation is 1. The van der Waals surface area contributed by atoms with Crippen molar-refractivity contribution in [3.05, 3.63) is 84.4 Å². The molecule has 8 heteroatoms. The van der Waals surface area contributed by atoms with Crippen LogP contribution in [0.1, 0.15) is 25.4 Å². The smallest absolute Gasteiger partial charge is 0.243 e. The first kappa shape index (κ1) is 24.1. The van der Waals surface area contributed by atoms with Gasteiger partial charge in [-0.05, 0) is 78.4 Å². The predicted octanol–water partition coefficient (Wildman–Crippen LogP) is 5.11. The van der Waals surface area contributed by atoms with Gasteiger partial charge in [-0.25, -0.2) is 8.42 Å². The summed E-state index contributed by atoms with van der Waals surface area (Å²) in [5, 5.41) is 3.09. The molecule has 188 valence electrons. The van der Waals surface area contributed by atoms with Gasteiger partial charge in [-0.3, -0.25) is 4.79 Å². The number of hydrogen-bond acceptors (Lipinski definition) is 5. The summed E-state index contributed by atoms with van der Waals surface area (Å²) in [5.74, 6) is 1.32. The van der Waals surface area contributed by atoms with Gasteiger partial charge in [0, 0.05) is 20.7 Å². The number of nitrogens with one attached hydrogen (secondary N) is 1. The monoisotopic (exact) mass is 506 g/mol. The normalized spacial score (nSPS) is 15.5. The van der Waals surface area contributed by atoms with Gasteiger partial charge in [-0.2, -0.15) is 4.31 Å². The van der Waals surface area contributed by atoms with Crippen LogP contribution in [0.4, 0.5) is 5.69 Å². The number of benzene rings is 3. The van der Waals surface area contributed by atoms with Crippen LogP contribution in [0.2, 0.25) is 0 Å². The molecule has 0 spiro atoms. The van der Waals surface area contributed by atoms with E-state index in [1.165, 1.54) is 11.4 Å². The van der Waals surface area contributed by atoms with E-state index in [1.54, 1.807) is 30.3 Å². The van der Waals surface area contributed by atoms with Crippen LogP contribution in [0.15, 0.2) is 78.2 Å². The minimum Gasteiger partial charge on any atom is -0.454 e. The summed E-state index contributed by atoms with van der Waals surface area (Å²) in [6, 6.07) is 18.2. The molecule has 0 aromatic heterocycles. The summed E-state index contributed by atoms with van der Waals surface area (Å²) in [4.78, 5) is 13.6. The van der Waals surface area contributed by atoms with Crippen LogP contribution < -0.4 is 14.8 Å². The van der Waals surface area contributed by atoms with E-state index in [0.29, 0.717) is 17.2 Å². The summed E-state index contributed by atoms with van der Waals surface area (Å²) in [7, 11) is -2.06. The average molecular weight is 507 g/mol. The summed E-state index contributed by atoms with van der Waals surface area (Å²) in [6.07, 6.45) is 3.09. The molecule has 5 rings (SSSR count). The number of rotatable bonds is 8. The van der Waals surface area contributed by atoms with Crippen molar-refractivity contribution in [2.75, 3.05) is 25.7 Å². The number of likely N-dealkylation sites (N-methyl/N-ethyl adjacent to an activating group) is 1. The second-order valence-electron chi connectivity index (χ2n) is 9.23. The van der Waals surface area contributed by atoms with E-state index in [0.717, 1.165) is 35.1 Å². The fourth-order valence-corrected chi connectivity index (χ4v) is 5.64. The third kappa shape index (κ3) is 4.27. The van der Waals surface area contributed by atoms with Crippen molar-refractivity contribution < 1.29 is 24.1 Å². The van der Waals surface area contributed by atoms with Crippen LogP contribution in [-0.4, -0.2) is 39.0 Å². The SMILES string of the molecule is C=CCN(C)S(=O)(=O)c1ccc(-c2cc(NC(=O)C3(c4ccc5c(c4)OCO5)CC3)ccc2C)cc1.[HH]. The summed E-state index contributed by atoms with van der Waals surface area (Å²) >= 11 is 0. The zero-order chi connectivity index (χ0) is 25.5. The average Bonchev–Trinajstić information content (AvgIpc) is 3.56. The molecule has 3 aromatic rings. The van der Waals surface area contributed by atoms with Gasteiger partial charge >= 0.3 is 0 Å². The van der Waals surface area contributed by atoms with Crippen LogP contribution in [0.3, 0.4) is 0 Å². The standard InChI is InChI=1S/C28H28N2O5S.H2/c1-4-15-30(3)36(32,33)23-10-6-20(7-11-23)24-17-22(9-5-19(24)2)29-27(31)28(13-14-28)21-8-12-25-26(16-21)35-18-34-25;/h4-12,16-17H,1,13-15,18H2,2-3H3,(H,29,31);1H. The Bertz CT molecular complexity index is 1450. The second-order valence-corrected chi connectivity index (χ2v) is 11.3. The summed E-state index contributed by atoms with van der Waals surface area (Å²) in [6.45, 7) is 6.02. The van der Waals surface area contributed by atoms with E-state index < -0.39 is 15.4 Å². The molecule has 1 aliphatic carbocycles. The molecule has 0 unspecified atom stereocenters. The molecule has 7 nitrogen and oxygen atoms in total. The molecule has 1 saturated carbocycles. The van der Waals surface area contributed by atoms with Gasteiger partial charge in [-0.1, -0.05) is 30.3 Å². The lowest BCUT2D eigenvalue weighted by Gasteiger charge is -2.18. The topological polar surface area (TPSA) is 84.9 Å². The summed E-state index contributed by atoms with van der Waals surface area (Å²) < 4.78 is 37.6. The Morgan fingerprint density at radius 2 is 1.81 bits per heavy atom. The number of sulfonamides is 1. The van der Waals surface area contributed by atoms with Crippen LogP contribution in [0.5, 0.6) is 11.5 Å². The van der Waals surface area contributed by atoms with E-state index >= 15 is 0 Å². The number of carbonyl (C=O) groups excluding carboxylic acids is 1. The highest BCUT2D eigenvalue weighted by atomic mass is 32.2. The van der Waals surface area contributed by atoms with Gasteiger partial charge in [0.1, 0.15) is 0 Å². The van der Waals surface area contributed by atoms with Gasteiger partial charge in [0.2, 0.25) is 22.7 Å². The molecule has 0 saturated heterocycles. The molecule has 3 aromatic carbocycles. The lowest BCUT2D eigenvalue weighted by atomic mass is 9.94. The fraction of sp³-hybridized carbons (Fsp3) is 0.250. The van der Waals surface area contributed by atoms with Gasteiger partial charge in [0.25, 0.3) is 0 Å². The van der Waals surface area contributed by atoms with Gasteiger partial charge in [0.15, 0.2) is 11.5 Å². The van der Waals surface area contributed by atoms with Crippen LogP contribution in [0, 0.1) is 6.92 Å². The molecule has 1 amide bonds. The van der Waals surface area contributed by atoms with Gasteiger partial charge in [-0.15, -0.1) is 6.58 Å². The number of nitrogens with zero attached hydrogens (tertiary/aromatic N) is 1. The Labute approximate surface area is 212 Å². The van der Waals surface area contributed by atoms with Crippen LogP contribution in [0.25, 0.3) is 11.1 Å². The summed E-state index contributed by atoms with van der Waals surface area (Å²) in [5.41, 5.74) is 3.85. The van der Waals surface area contributed by atoms with Crippen LogP contribution >= 0.6 is 0 Å². The molecule has 36 heavy (non-hydrogen) atoms. The lowest BCUT2D eigenvalue weighted by Crippen LogP contribution is -2.27. The van der Waals surface area contributed by atoms with E-state index in [1.807, 2.05) is 43.3 Å². The molecule has 1 fully saturated rings. The highest BCUT2D eigenvalue weighted by Crippen LogP contribution is 2.51. The largest absolute Gasteiger partial charge is 0.454 e. The van der Waals surface area contributed by atoms with Crippen molar-refractivity contribution in [1.29, 1.82) is 0 Å². The van der Waals surface area contributed by atoms with Gasteiger partial charge in [0.05, 0.1) is 10.3 Å². The quantitative estimate of drug-likeness (QED) is 0.429. The Balaban J connectivity index is 0.00000320. The highest BCUT2D eigenvalue weighted by molar-refractivity contribution is 7.89. The minimum absolute atomic E-state index is 0. The van der Waals surface area contributed by atoms with Crippen molar-refractivity contribution in [2.45, 2.75) is 30.1 Å². The molecule has 2 aliphatic rings. The Morgan fingerprint density at radius 3 is 2.50 bits per heavy atom. The minimum atomic E-state index is -3.59. The number of anilines is 1. The molecule has 1 N–H and O–H groups in total. The lowest BCUT2D eigenvalue weighted by molar-refractivity contribution is -0.118. The molecular weight excluding hydrogens is 476 g/mol. The molecular formula is C28H30N2O5S. The number of ether oxygens (including phenoxy) is 2. The predicted molar refractivity (Wildman–Crippen MR) is 141 cm³/mol. The van der Waals surface area contributed by atoms with Crippen molar-refractivity contribution in [3.63, 3.8) is 0 Å². The molecule has 0 radical (unpaired) electrons. The third-order valence-corrected chi connectivity index (χ3v) is 8.70. The number of fused-ring (bicyclic) bond motifs is 1. The molecule has 1 aliphatic heterocycles. The van der Waals surface area contributed by atoms with Gasteiger partial charge < -0.3 is 14.8 Å². The Morgan fingerprint density at radius 1 is 1.08 bits per heavy atom. The van der Waals surface area contributed by atoms with E-state index in [4.69, 9.17) is 9.47 Å². The Hall–Kier alpha value is -3.62. The number of amides is 1. The van der Waals surface area contributed by atoms with Crippen molar-refractivity contribution in [1.82, 2.24) is 4.31 Å². The maximum Gasteiger partial charge on any atom is 0.243 e. The van der Waals surface area contributed by atoms with E-state index in [-0.39, 0.29) is 25.6 Å².